The van der Waals surface area contributed by atoms with Crippen LogP contribution in [0.25, 0.3) is 10.2 Å². The third-order valence-corrected chi connectivity index (χ3v) is 6.56. The summed E-state index contributed by atoms with van der Waals surface area (Å²) < 4.78 is 2.48. The smallest absolute Gasteiger partial charge is 0.151 e. The van der Waals surface area contributed by atoms with Crippen LogP contribution in [-0.4, -0.2) is 48.4 Å². The lowest BCUT2D eigenvalue weighted by atomic mass is 10.2. The highest BCUT2D eigenvalue weighted by Gasteiger charge is 2.16. The van der Waals surface area contributed by atoms with Crippen LogP contribution < -0.4 is 4.90 Å². The number of nitrogens with zero attached hydrogens (tertiary/aromatic N) is 3. The van der Waals surface area contributed by atoms with Crippen molar-refractivity contribution in [3.63, 3.8) is 0 Å². The Morgan fingerprint density at radius 3 is 2.46 bits per heavy atom. The second-order valence-corrected chi connectivity index (χ2v) is 8.33. The second-order valence-electron chi connectivity index (χ2n) is 5.96. The summed E-state index contributed by atoms with van der Waals surface area (Å²) in [5, 5.41) is 0. The van der Waals surface area contributed by atoms with Crippen molar-refractivity contribution in [2.75, 3.05) is 43.4 Å². The van der Waals surface area contributed by atoms with Crippen molar-refractivity contribution in [1.29, 1.82) is 0 Å². The zero-order valence-electron chi connectivity index (χ0n) is 13.6. The van der Waals surface area contributed by atoms with Crippen molar-refractivity contribution in [2.24, 2.45) is 0 Å². The molecule has 0 amide bonds. The minimum absolute atomic E-state index is 1.12. The maximum atomic E-state index is 4.70. The Morgan fingerprint density at radius 1 is 0.917 bits per heavy atom. The maximum absolute atomic E-state index is 4.70. The van der Waals surface area contributed by atoms with Crippen molar-refractivity contribution in [3.8, 4) is 0 Å². The molecular formula is C19H21N3S2. The van der Waals surface area contributed by atoms with E-state index in [1.807, 2.05) is 11.8 Å². The molecule has 0 bridgehead atoms. The molecule has 3 nitrogen and oxygen atoms in total. The molecule has 2 aromatic carbocycles. The van der Waals surface area contributed by atoms with Crippen LogP contribution >= 0.6 is 23.1 Å². The predicted octanol–water partition coefficient (Wildman–Crippen LogP) is 4.21. The van der Waals surface area contributed by atoms with Gasteiger partial charge in [0, 0.05) is 44.2 Å². The van der Waals surface area contributed by atoms with E-state index >= 15 is 0 Å². The minimum atomic E-state index is 1.12. The van der Waals surface area contributed by atoms with Gasteiger partial charge in [-0.05, 0) is 24.3 Å². The molecule has 0 atom stereocenters. The lowest BCUT2D eigenvalue weighted by Crippen LogP contribution is -2.47. The molecule has 1 saturated heterocycles. The Bertz CT molecular complexity index is 746. The molecule has 0 spiro atoms. The van der Waals surface area contributed by atoms with Crippen LogP contribution in [0.5, 0.6) is 0 Å². The van der Waals surface area contributed by atoms with Crippen LogP contribution in [0.15, 0.2) is 58.9 Å². The first kappa shape index (κ1) is 15.9. The van der Waals surface area contributed by atoms with Gasteiger partial charge in [0.1, 0.15) is 0 Å². The SMILES string of the molecule is c1ccc(N2CCN(CCSc3nc4ccccc4s3)CC2)cc1. The van der Waals surface area contributed by atoms with Gasteiger partial charge in [0.2, 0.25) is 0 Å². The van der Waals surface area contributed by atoms with Gasteiger partial charge in [0.05, 0.1) is 10.2 Å². The number of rotatable bonds is 5. The van der Waals surface area contributed by atoms with Crippen LogP contribution in [0.2, 0.25) is 0 Å². The van der Waals surface area contributed by atoms with E-state index in [0.29, 0.717) is 0 Å². The van der Waals surface area contributed by atoms with E-state index in [1.165, 1.54) is 14.7 Å². The van der Waals surface area contributed by atoms with E-state index in [0.717, 1.165) is 44.0 Å². The predicted molar refractivity (Wildman–Crippen MR) is 105 cm³/mol. The number of hydrogen-bond acceptors (Lipinski definition) is 5. The summed E-state index contributed by atoms with van der Waals surface area (Å²) in [5.74, 6) is 1.12. The van der Waals surface area contributed by atoms with Crippen LogP contribution in [0, 0.1) is 0 Å². The summed E-state index contributed by atoms with van der Waals surface area (Å²) in [6.07, 6.45) is 0. The minimum Gasteiger partial charge on any atom is -0.369 e. The number of piperazine rings is 1. The molecule has 1 aromatic heterocycles. The first-order valence-corrected chi connectivity index (χ1v) is 10.2. The molecule has 3 aromatic rings. The number of fused-ring (bicyclic) bond motifs is 1. The van der Waals surface area contributed by atoms with Crippen molar-refractivity contribution < 1.29 is 0 Å². The molecule has 1 aliphatic rings. The number of aromatic nitrogens is 1. The molecule has 24 heavy (non-hydrogen) atoms. The lowest BCUT2D eigenvalue weighted by Gasteiger charge is -2.36. The average molecular weight is 356 g/mol. The van der Waals surface area contributed by atoms with Crippen LogP contribution in [-0.2, 0) is 0 Å². The molecule has 4 rings (SSSR count). The highest BCUT2D eigenvalue weighted by atomic mass is 32.2. The molecule has 5 heteroatoms. The molecule has 1 fully saturated rings. The summed E-state index contributed by atoms with van der Waals surface area (Å²) in [6, 6.07) is 19.1. The number of hydrogen-bond donors (Lipinski definition) is 0. The van der Waals surface area contributed by atoms with E-state index in [4.69, 9.17) is 4.98 Å². The Balaban J connectivity index is 1.24. The molecule has 0 N–H and O–H groups in total. The molecule has 0 radical (unpaired) electrons. The Labute approximate surface area is 151 Å². The van der Waals surface area contributed by atoms with Gasteiger partial charge >= 0.3 is 0 Å². The normalized spacial score (nSPS) is 15.9. The fourth-order valence-electron chi connectivity index (χ4n) is 3.04. The van der Waals surface area contributed by atoms with Gasteiger partial charge in [-0.1, -0.05) is 42.1 Å². The Hall–Kier alpha value is -1.56. The molecule has 0 unspecified atom stereocenters. The largest absolute Gasteiger partial charge is 0.369 e. The van der Waals surface area contributed by atoms with Gasteiger partial charge in [0.15, 0.2) is 4.34 Å². The monoisotopic (exact) mass is 355 g/mol. The number of anilines is 1. The summed E-state index contributed by atoms with van der Waals surface area (Å²) in [7, 11) is 0. The topological polar surface area (TPSA) is 19.4 Å². The number of benzene rings is 2. The van der Waals surface area contributed by atoms with Gasteiger partial charge < -0.3 is 4.90 Å². The Kier molecular flexibility index (Phi) is 5.02. The molecule has 1 aliphatic heterocycles. The highest BCUT2D eigenvalue weighted by molar-refractivity contribution is 8.01. The third-order valence-electron chi connectivity index (χ3n) is 4.40. The average Bonchev–Trinajstić information content (AvgIpc) is 3.06. The van der Waals surface area contributed by atoms with Crippen molar-refractivity contribution in [1.82, 2.24) is 9.88 Å². The van der Waals surface area contributed by atoms with E-state index in [-0.39, 0.29) is 0 Å². The molecule has 2 heterocycles. The lowest BCUT2D eigenvalue weighted by molar-refractivity contribution is 0.273. The molecule has 0 saturated carbocycles. The van der Waals surface area contributed by atoms with Crippen molar-refractivity contribution in [3.05, 3.63) is 54.6 Å². The van der Waals surface area contributed by atoms with Crippen molar-refractivity contribution >= 4 is 39.0 Å². The van der Waals surface area contributed by atoms with E-state index in [1.54, 1.807) is 11.3 Å². The summed E-state index contributed by atoms with van der Waals surface area (Å²) in [6.45, 7) is 5.68. The van der Waals surface area contributed by atoms with E-state index in [9.17, 15) is 0 Å². The van der Waals surface area contributed by atoms with Gasteiger partial charge in [-0.15, -0.1) is 11.3 Å². The summed E-state index contributed by atoms with van der Waals surface area (Å²) in [5.41, 5.74) is 2.47. The van der Waals surface area contributed by atoms with E-state index in [2.05, 4.69) is 64.4 Å². The van der Waals surface area contributed by atoms with Gasteiger partial charge in [-0.2, -0.15) is 0 Å². The van der Waals surface area contributed by atoms with Crippen LogP contribution in [0.4, 0.5) is 5.69 Å². The van der Waals surface area contributed by atoms with Crippen LogP contribution in [0.3, 0.4) is 0 Å². The quantitative estimate of drug-likeness (QED) is 0.638. The first-order chi connectivity index (χ1) is 11.9. The third kappa shape index (κ3) is 3.74. The first-order valence-electron chi connectivity index (χ1n) is 8.39. The van der Waals surface area contributed by atoms with Crippen molar-refractivity contribution in [2.45, 2.75) is 4.34 Å². The molecule has 124 valence electrons. The van der Waals surface area contributed by atoms with Gasteiger partial charge in [-0.3, -0.25) is 4.90 Å². The highest BCUT2D eigenvalue weighted by Crippen LogP contribution is 2.29. The molecule has 0 aliphatic carbocycles. The summed E-state index contributed by atoms with van der Waals surface area (Å²) in [4.78, 5) is 9.75. The molecular weight excluding hydrogens is 334 g/mol. The summed E-state index contributed by atoms with van der Waals surface area (Å²) >= 11 is 3.70. The van der Waals surface area contributed by atoms with Crippen LogP contribution in [0.1, 0.15) is 0 Å². The standard InChI is InChI=1S/C19H21N3S2/c1-2-6-16(7-3-1)22-12-10-21(11-13-22)14-15-23-19-20-17-8-4-5-9-18(17)24-19/h1-9H,10-15H2. The maximum Gasteiger partial charge on any atom is 0.151 e. The fourth-order valence-corrected chi connectivity index (χ4v) is 5.18. The number of thioether (sulfide) groups is 1. The zero-order chi connectivity index (χ0) is 16.2. The van der Waals surface area contributed by atoms with Gasteiger partial charge in [0.25, 0.3) is 0 Å². The Morgan fingerprint density at radius 2 is 1.67 bits per heavy atom. The van der Waals surface area contributed by atoms with Gasteiger partial charge in [-0.25, -0.2) is 4.98 Å². The van der Waals surface area contributed by atoms with E-state index < -0.39 is 0 Å². The number of para-hydroxylation sites is 2. The fraction of sp³-hybridized carbons (Fsp3) is 0.316. The number of thiazole rings is 1. The zero-order valence-corrected chi connectivity index (χ0v) is 15.2. The second kappa shape index (κ2) is 7.55.